The second-order valence-corrected chi connectivity index (χ2v) is 5.46. The number of carboxylic acids is 1. The summed E-state index contributed by atoms with van der Waals surface area (Å²) in [5.74, 6) is -0.940. The minimum Gasteiger partial charge on any atom is -0.478 e. The van der Waals surface area contributed by atoms with Crippen LogP contribution in [0.15, 0.2) is 18.2 Å². The average Bonchev–Trinajstić information content (AvgIpc) is 3.22. The van der Waals surface area contributed by atoms with Crippen molar-refractivity contribution in [2.24, 2.45) is 11.3 Å². The van der Waals surface area contributed by atoms with Crippen molar-refractivity contribution in [2.45, 2.75) is 26.2 Å². The van der Waals surface area contributed by atoms with Gasteiger partial charge in [-0.05, 0) is 43.7 Å². The van der Waals surface area contributed by atoms with Crippen LogP contribution in [-0.2, 0) is 4.79 Å². The van der Waals surface area contributed by atoms with Crippen molar-refractivity contribution in [3.05, 3.63) is 29.3 Å². The van der Waals surface area contributed by atoms with Crippen molar-refractivity contribution in [3.63, 3.8) is 0 Å². The van der Waals surface area contributed by atoms with E-state index in [-0.39, 0.29) is 22.8 Å². The summed E-state index contributed by atoms with van der Waals surface area (Å²) in [5, 5.41) is 11.9. The van der Waals surface area contributed by atoms with Gasteiger partial charge in [0.15, 0.2) is 0 Å². The summed E-state index contributed by atoms with van der Waals surface area (Å²) < 4.78 is 0. The van der Waals surface area contributed by atoms with Crippen LogP contribution in [0.5, 0.6) is 0 Å². The van der Waals surface area contributed by atoms with Crippen LogP contribution in [0.2, 0.25) is 0 Å². The molecule has 0 bridgehead atoms. The number of rotatable bonds is 3. The van der Waals surface area contributed by atoms with Crippen LogP contribution in [-0.4, -0.2) is 17.0 Å². The maximum absolute atomic E-state index is 12.0. The monoisotopic (exact) mass is 245 g/mol. The third kappa shape index (κ3) is 1.78. The molecule has 2 saturated carbocycles. The molecule has 4 heteroatoms. The van der Waals surface area contributed by atoms with E-state index in [4.69, 9.17) is 5.11 Å². The molecule has 94 valence electrons. The summed E-state index contributed by atoms with van der Waals surface area (Å²) in [4.78, 5) is 23.1. The molecule has 1 unspecified atom stereocenters. The lowest BCUT2D eigenvalue weighted by molar-refractivity contribution is -0.117. The highest BCUT2D eigenvalue weighted by Gasteiger charge is 2.65. The summed E-state index contributed by atoms with van der Waals surface area (Å²) in [6.45, 7) is 1.83. The van der Waals surface area contributed by atoms with Gasteiger partial charge in [-0.3, -0.25) is 4.79 Å². The van der Waals surface area contributed by atoms with Crippen LogP contribution in [0.1, 0.15) is 35.2 Å². The molecule has 0 aliphatic heterocycles. The maximum atomic E-state index is 12.0. The van der Waals surface area contributed by atoms with Crippen molar-refractivity contribution in [2.75, 3.05) is 5.32 Å². The van der Waals surface area contributed by atoms with E-state index in [2.05, 4.69) is 5.32 Å². The van der Waals surface area contributed by atoms with Gasteiger partial charge in [0.2, 0.25) is 5.91 Å². The second kappa shape index (κ2) is 3.57. The van der Waals surface area contributed by atoms with E-state index in [1.165, 1.54) is 0 Å². The normalized spacial score (nSPS) is 22.6. The highest BCUT2D eigenvalue weighted by Crippen LogP contribution is 2.70. The zero-order valence-electron chi connectivity index (χ0n) is 10.2. The van der Waals surface area contributed by atoms with Crippen molar-refractivity contribution in [3.8, 4) is 0 Å². The SMILES string of the molecule is Cc1ccc(NC(=O)C2CC23CC3)c(C(=O)O)c1. The molecule has 0 aromatic heterocycles. The molecule has 2 fully saturated rings. The van der Waals surface area contributed by atoms with Crippen molar-refractivity contribution in [1.82, 2.24) is 0 Å². The van der Waals surface area contributed by atoms with E-state index in [0.29, 0.717) is 5.69 Å². The van der Waals surface area contributed by atoms with Crippen LogP contribution in [0.25, 0.3) is 0 Å². The fourth-order valence-electron chi connectivity index (χ4n) is 2.60. The van der Waals surface area contributed by atoms with Gasteiger partial charge in [-0.1, -0.05) is 11.6 Å². The molecule has 4 nitrogen and oxygen atoms in total. The Labute approximate surface area is 105 Å². The zero-order chi connectivity index (χ0) is 12.9. The molecule has 0 radical (unpaired) electrons. The number of nitrogens with one attached hydrogen (secondary N) is 1. The first-order chi connectivity index (χ1) is 8.52. The lowest BCUT2D eigenvalue weighted by atomic mass is 10.1. The van der Waals surface area contributed by atoms with Gasteiger partial charge in [-0.2, -0.15) is 0 Å². The number of amides is 1. The van der Waals surface area contributed by atoms with E-state index in [1.807, 2.05) is 13.0 Å². The summed E-state index contributed by atoms with van der Waals surface area (Å²) >= 11 is 0. The smallest absolute Gasteiger partial charge is 0.337 e. The molecule has 1 aromatic carbocycles. The molecule has 1 aromatic rings. The molecule has 2 aliphatic carbocycles. The van der Waals surface area contributed by atoms with Crippen LogP contribution < -0.4 is 5.32 Å². The second-order valence-electron chi connectivity index (χ2n) is 5.46. The van der Waals surface area contributed by atoms with Crippen LogP contribution in [0.4, 0.5) is 5.69 Å². The summed E-state index contributed by atoms with van der Waals surface area (Å²) in [7, 11) is 0. The van der Waals surface area contributed by atoms with Gasteiger partial charge in [0.1, 0.15) is 0 Å². The highest BCUT2D eigenvalue weighted by molar-refractivity contribution is 6.02. The Balaban J connectivity index is 1.79. The quantitative estimate of drug-likeness (QED) is 0.859. The molecular weight excluding hydrogens is 230 g/mol. The van der Waals surface area contributed by atoms with E-state index < -0.39 is 5.97 Å². The van der Waals surface area contributed by atoms with Gasteiger partial charge in [0.05, 0.1) is 11.3 Å². The number of hydrogen-bond donors (Lipinski definition) is 2. The Hall–Kier alpha value is -1.84. The molecular formula is C14H15NO3. The number of anilines is 1. The molecule has 0 saturated heterocycles. The molecule has 18 heavy (non-hydrogen) atoms. The first kappa shape index (κ1) is 11.3. The fraction of sp³-hybridized carbons (Fsp3) is 0.429. The average molecular weight is 245 g/mol. The van der Waals surface area contributed by atoms with Gasteiger partial charge in [-0.25, -0.2) is 4.79 Å². The Kier molecular flexibility index (Phi) is 2.24. The molecule has 1 spiro atoms. The minimum absolute atomic E-state index is 0.0288. The highest BCUT2D eigenvalue weighted by atomic mass is 16.4. The van der Waals surface area contributed by atoms with E-state index in [1.54, 1.807) is 12.1 Å². The molecule has 2 N–H and O–H groups in total. The Morgan fingerprint density at radius 2 is 2.11 bits per heavy atom. The topological polar surface area (TPSA) is 66.4 Å². The van der Waals surface area contributed by atoms with E-state index in [0.717, 1.165) is 24.8 Å². The standard InChI is InChI=1S/C14H15NO3/c1-8-2-3-11(9(6-8)13(17)18)15-12(16)10-7-14(10)4-5-14/h2-3,6,10H,4-5,7H2,1H3,(H,15,16)(H,17,18). The lowest BCUT2D eigenvalue weighted by Gasteiger charge is -2.09. The fourth-order valence-corrected chi connectivity index (χ4v) is 2.60. The predicted molar refractivity (Wildman–Crippen MR) is 66.5 cm³/mol. The summed E-state index contributed by atoms with van der Waals surface area (Å²) in [6.07, 6.45) is 3.25. The molecule has 1 amide bonds. The van der Waals surface area contributed by atoms with Crippen molar-refractivity contribution >= 4 is 17.6 Å². The van der Waals surface area contributed by atoms with Gasteiger partial charge in [0, 0.05) is 5.92 Å². The molecule has 3 rings (SSSR count). The van der Waals surface area contributed by atoms with E-state index in [9.17, 15) is 9.59 Å². The van der Waals surface area contributed by atoms with Gasteiger partial charge >= 0.3 is 5.97 Å². The third-order valence-corrected chi connectivity index (χ3v) is 4.06. The Bertz CT molecular complexity index is 546. The summed E-state index contributed by atoms with van der Waals surface area (Å²) in [6, 6.07) is 5.05. The first-order valence-electron chi connectivity index (χ1n) is 6.17. The number of carboxylic acid groups (broad SMARTS) is 1. The predicted octanol–water partition coefficient (Wildman–Crippen LogP) is 2.43. The van der Waals surface area contributed by atoms with Crippen LogP contribution in [0, 0.1) is 18.3 Å². The van der Waals surface area contributed by atoms with Gasteiger partial charge in [0.25, 0.3) is 0 Å². The van der Waals surface area contributed by atoms with Crippen molar-refractivity contribution < 1.29 is 14.7 Å². The Morgan fingerprint density at radius 3 is 2.67 bits per heavy atom. The minimum atomic E-state index is -1.01. The Morgan fingerprint density at radius 1 is 1.39 bits per heavy atom. The van der Waals surface area contributed by atoms with Gasteiger partial charge < -0.3 is 10.4 Å². The summed E-state index contributed by atoms with van der Waals surface area (Å²) in [5.41, 5.74) is 1.73. The van der Waals surface area contributed by atoms with Gasteiger partial charge in [-0.15, -0.1) is 0 Å². The largest absolute Gasteiger partial charge is 0.478 e. The molecule has 2 aliphatic rings. The van der Waals surface area contributed by atoms with E-state index >= 15 is 0 Å². The number of carbonyl (C=O) groups is 2. The zero-order valence-corrected chi connectivity index (χ0v) is 10.2. The number of carbonyl (C=O) groups excluding carboxylic acids is 1. The number of aromatic carboxylic acids is 1. The number of hydrogen-bond acceptors (Lipinski definition) is 2. The van der Waals surface area contributed by atoms with Crippen molar-refractivity contribution in [1.29, 1.82) is 0 Å². The van der Waals surface area contributed by atoms with Crippen LogP contribution >= 0.6 is 0 Å². The third-order valence-electron chi connectivity index (χ3n) is 4.06. The first-order valence-corrected chi connectivity index (χ1v) is 6.17. The maximum Gasteiger partial charge on any atom is 0.337 e. The number of benzene rings is 1. The number of aryl methyl sites for hydroxylation is 1. The molecule has 0 heterocycles. The van der Waals surface area contributed by atoms with Crippen LogP contribution in [0.3, 0.4) is 0 Å². The lowest BCUT2D eigenvalue weighted by Crippen LogP contribution is -2.17. The molecule has 1 atom stereocenters.